The number of hydrogen-bond acceptors (Lipinski definition) is 3. The van der Waals surface area contributed by atoms with Gasteiger partial charge in [-0.25, -0.2) is 4.79 Å². The van der Waals surface area contributed by atoms with Crippen molar-refractivity contribution in [1.29, 1.82) is 0 Å². The molecule has 0 aliphatic rings. The number of nitrogens with zero attached hydrogens (tertiary/aromatic N) is 1. The quantitative estimate of drug-likeness (QED) is 0.755. The number of ether oxygens (including phenoxy) is 1. The highest BCUT2D eigenvalue weighted by Gasteiger charge is 2.14. The molecule has 0 unspecified atom stereocenters. The van der Waals surface area contributed by atoms with Crippen LogP contribution in [0, 0.1) is 0 Å². The molecule has 6 heteroatoms. The van der Waals surface area contributed by atoms with Crippen LogP contribution in [0.3, 0.4) is 0 Å². The van der Waals surface area contributed by atoms with Gasteiger partial charge in [0.15, 0.2) is 6.61 Å². The number of aromatic nitrogens is 1. The van der Waals surface area contributed by atoms with Crippen LogP contribution in [0.25, 0.3) is 16.6 Å². The molecule has 0 bridgehead atoms. The van der Waals surface area contributed by atoms with Crippen molar-refractivity contribution in [3.8, 4) is 11.4 Å². The van der Waals surface area contributed by atoms with E-state index in [1.54, 1.807) is 34.9 Å². The van der Waals surface area contributed by atoms with Crippen molar-refractivity contribution in [2.75, 3.05) is 6.61 Å². The Labute approximate surface area is 131 Å². The van der Waals surface area contributed by atoms with Gasteiger partial charge < -0.3 is 20.1 Å². The summed E-state index contributed by atoms with van der Waals surface area (Å²) in [5.41, 5.74) is 7.33. The SMILES string of the molecule is NC(=O)c1cc2ccccc2n1-c1cccc(OCC(=O)O)c1. The average molecular weight is 310 g/mol. The summed E-state index contributed by atoms with van der Waals surface area (Å²) < 4.78 is 6.92. The number of amides is 1. The Morgan fingerprint density at radius 2 is 1.87 bits per heavy atom. The molecule has 0 atom stereocenters. The number of carbonyl (C=O) groups is 2. The third-order valence-electron chi connectivity index (χ3n) is 3.40. The number of fused-ring (bicyclic) bond motifs is 1. The molecule has 0 spiro atoms. The summed E-state index contributed by atoms with van der Waals surface area (Å²) >= 11 is 0. The summed E-state index contributed by atoms with van der Waals surface area (Å²) in [6, 6.07) is 16.1. The molecule has 1 amide bonds. The molecule has 0 saturated carbocycles. The van der Waals surface area contributed by atoms with E-state index in [9.17, 15) is 9.59 Å². The summed E-state index contributed by atoms with van der Waals surface area (Å²) in [5, 5.41) is 9.58. The first-order valence-electron chi connectivity index (χ1n) is 6.91. The van der Waals surface area contributed by atoms with Gasteiger partial charge in [0.1, 0.15) is 11.4 Å². The lowest BCUT2D eigenvalue weighted by molar-refractivity contribution is -0.139. The second-order valence-corrected chi connectivity index (χ2v) is 4.97. The smallest absolute Gasteiger partial charge is 0.341 e. The van der Waals surface area contributed by atoms with Crippen LogP contribution in [-0.4, -0.2) is 28.2 Å². The number of aliphatic carboxylic acids is 1. The zero-order valence-corrected chi connectivity index (χ0v) is 12.1. The molecular formula is C17H14N2O4. The normalized spacial score (nSPS) is 10.6. The molecule has 23 heavy (non-hydrogen) atoms. The Kier molecular flexibility index (Phi) is 3.72. The standard InChI is InChI=1S/C17H14N2O4/c18-17(22)15-8-11-4-1-2-7-14(11)19(15)12-5-3-6-13(9-12)23-10-16(20)21/h1-9H,10H2,(H2,18,22)(H,20,21). The van der Waals surface area contributed by atoms with Gasteiger partial charge in [-0.15, -0.1) is 0 Å². The number of primary amides is 1. The first kappa shape index (κ1) is 14.6. The molecular weight excluding hydrogens is 296 g/mol. The molecule has 1 heterocycles. The second-order valence-electron chi connectivity index (χ2n) is 4.97. The molecule has 3 rings (SSSR count). The Hall–Kier alpha value is -3.28. The number of benzene rings is 2. The van der Waals surface area contributed by atoms with Gasteiger partial charge in [0.05, 0.1) is 11.2 Å². The van der Waals surface area contributed by atoms with Crippen LogP contribution in [0.5, 0.6) is 5.75 Å². The van der Waals surface area contributed by atoms with Crippen LogP contribution in [0.4, 0.5) is 0 Å². The van der Waals surface area contributed by atoms with Gasteiger partial charge >= 0.3 is 5.97 Å². The summed E-state index contributed by atoms with van der Waals surface area (Å²) in [6.07, 6.45) is 0. The highest BCUT2D eigenvalue weighted by Crippen LogP contribution is 2.26. The Morgan fingerprint density at radius 1 is 1.09 bits per heavy atom. The number of hydrogen-bond donors (Lipinski definition) is 2. The monoisotopic (exact) mass is 310 g/mol. The number of carbonyl (C=O) groups excluding carboxylic acids is 1. The topological polar surface area (TPSA) is 94.5 Å². The predicted octanol–water partition coefficient (Wildman–Crippen LogP) is 2.19. The lowest BCUT2D eigenvalue weighted by Crippen LogP contribution is -2.16. The van der Waals surface area contributed by atoms with Gasteiger partial charge in [0.2, 0.25) is 0 Å². The van der Waals surface area contributed by atoms with Crippen molar-refractivity contribution in [2.45, 2.75) is 0 Å². The first-order chi connectivity index (χ1) is 11.1. The maximum absolute atomic E-state index is 11.8. The van der Waals surface area contributed by atoms with Crippen molar-refractivity contribution in [3.05, 3.63) is 60.3 Å². The maximum atomic E-state index is 11.8. The lowest BCUT2D eigenvalue weighted by atomic mass is 10.2. The molecule has 116 valence electrons. The lowest BCUT2D eigenvalue weighted by Gasteiger charge is -2.11. The number of rotatable bonds is 5. The molecule has 6 nitrogen and oxygen atoms in total. The van der Waals surface area contributed by atoms with E-state index in [1.165, 1.54) is 0 Å². The minimum atomic E-state index is -1.06. The van der Waals surface area contributed by atoms with Gasteiger partial charge in [0, 0.05) is 11.5 Å². The number of nitrogens with two attached hydrogens (primary N) is 1. The van der Waals surface area contributed by atoms with Gasteiger partial charge in [0.25, 0.3) is 5.91 Å². The van der Waals surface area contributed by atoms with Gasteiger partial charge in [-0.2, -0.15) is 0 Å². The minimum Gasteiger partial charge on any atom is -0.482 e. The summed E-state index contributed by atoms with van der Waals surface area (Å²) in [5.74, 6) is -1.20. The zero-order chi connectivity index (χ0) is 16.4. The number of carboxylic acids is 1. The Bertz CT molecular complexity index is 898. The molecule has 0 aliphatic carbocycles. The highest BCUT2D eigenvalue weighted by atomic mass is 16.5. The van der Waals surface area contributed by atoms with E-state index >= 15 is 0 Å². The van der Waals surface area contributed by atoms with Crippen molar-refractivity contribution in [1.82, 2.24) is 4.57 Å². The fourth-order valence-corrected chi connectivity index (χ4v) is 2.47. The predicted molar refractivity (Wildman–Crippen MR) is 84.9 cm³/mol. The van der Waals surface area contributed by atoms with E-state index in [0.29, 0.717) is 17.1 Å². The Morgan fingerprint density at radius 3 is 2.61 bits per heavy atom. The van der Waals surface area contributed by atoms with Crippen molar-refractivity contribution >= 4 is 22.8 Å². The molecule has 0 aliphatic heterocycles. The third kappa shape index (κ3) is 2.87. The molecule has 1 aromatic heterocycles. The van der Waals surface area contributed by atoms with E-state index in [1.807, 2.05) is 24.3 Å². The maximum Gasteiger partial charge on any atom is 0.341 e. The van der Waals surface area contributed by atoms with Crippen molar-refractivity contribution in [2.24, 2.45) is 5.73 Å². The van der Waals surface area contributed by atoms with E-state index in [-0.39, 0.29) is 0 Å². The average Bonchev–Trinajstić information content (AvgIpc) is 2.93. The van der Waals surface area contributed by atoms with E-state index in [4.69, 9.17) is 15.6 Å². The van der Waals surface area contributed by atoms with Crippen molar-refractivity contribution < 1.29 is 19.4 Å². The fraction of sp³-hybridized carbons (Fsp3) is 0.0588. The summed E-state index contributed by atoms with van der Waals surface area (Å²) in [6.45, 7) is -0.432. The van der Waals surface area contributed by atoms with Crippen LogP contribution < -0.4 is 10.5 Å². The highest BCUT2D eigenvalue weighted by molar-refractivity contribution is 5.99. The van der Waals surface area contributed by atoms with Crippen LogP contribution in [-0.2, 0) is 4.79 Å². The summed E-state index contributed by atoms with van der Waals surface area (Å²) in [7, 11) is 0. The molecule has 0 fully saturated rings. The fourth-order valence-electron chi connectivity index (χ4n) is 2.47. The molecule has 3 aromatic rings. The largest absolute Gasteiger partial charge is 0.482 e. The summed E-state index contributed by atoms with van der Waals surface area (Å²) in [4.78, 5) is 22.4. The van der Waals surface area contributed by atoms with Gasteiger partial charge in [-0.05, 0) is 24.3 Å². The third-order valence-corrected chi connectivity index (χ3v) is 3.40. The van der Waals surface area contributed by atoms with E-state index < -0.39 is 18.5 Å². The van der Waals surface area contributed by atoms with Crippen LogP contribution >= 0.6 is 0 Å². The number of para-hydroxylation sites is 1. The van der Waals surface area contributed by atoms with Crippen LogP contribution in [0.1, 0.15) is 10.5 Å². The van der Waals surface area contributed by atoms with Gasteiger partial charge in [-0.3, -0.25) is 4.79 Å². The second kappa shape index (κ2) is 5.84. The minimum absolute atomic E-state index is 0.349. The van der Waals surface area contributed by atoms with Crippen LogP contribution in [0.15, 0.2) is 54.6 Å². The van der Waals surface area contributed by atoms with Gasteiger partial charge in [-0.1, -0.05) is 24.3 Å². The first-order valence-corrected chi connectivity index (χ1v) is 6.91. The van der Waals surface area contributed by atoms with E-state index in [0.717, 1.165) is 10.9 Å². The molecule has 2 aromatic carbocycles. The Balaban J connectivity index is 2.12. The molecule has 0 saturated heterocycles. The molecule has 3 N–H and O–H groups in total. The van der Waals surface area contributed by atoms with Crippen LogP contribution in [0.2, 0.25) is 0 Å². The van der Waals surface area contributed by atoms with Crippen molar-refractivity contribution in [3.63, 3.8) is 0 Å². The number of carboxylic acid groups (broad SMARTS) is 1. The molecule has 0 radical (unpaired) electrons. The van der Waals surface area contributed by atoms with E-state index in [2.05, 4.69) is 0 Å². The zero-order valence-electron chi connectivity index (χ0n) is 12.1.